The van der Waals surface area contributed by atoms with Crippen LogP contribution in [0.3, 0.4) is 0 Å². The van der Waals surface area contributed by atoms with Gasteiger partial charge >= 0.3 is 0 Å². The van der Waals surface area contributed by atoms with Crippen LogP contribution in [0.1, 0.15) is 46.5 Å². The molecular weight excluding hydrogens is 264 g/mol. The van der Waals surface area contributed by atoms with Crippen LogP contribution in [0.4, 0.5) is 11.6 Å². The Bertz CT molecular complexity index is 448. The average Bonchev–Trinajstić information content (AvgIpc) is 2.50. The van der Waals surface area contributed by atoms with Crippen LogP contribution in [0.2, 0.25) is 0 Å². The maximum Gasteiger partial charge on any atom is 0.228 e. The van der Waals surface area contributed by atoms with Crippen molar-refractivity contribution < 1.29 is 4.79 Å². The number of carbonyl (C=O) groups excluding carboxylic acids is 1. The first kappa shape index (κ1) is 15.7. The van der Waals surface area contributed by atoms with Crippen LogP contribution in [0, 0.1) is 11.8 Å². The number of rotatable bonds is 5. The number of piperidine rings is 1. The molecule has 2 rings (SSSR count). The summed E-state index contributed by atoms with van der Waals surface area (Å²) < 4.78 is 0. The van der Waals surface area contributed by atoms with Crippen LogP contribution in [-0.4, -0.2) is 29.2 Å². The summed E-state index contributed by atoms with van der Waals surface area (Å²) in [4.78, 5) is 14.3. The highest BCUT2D eigenvalue weighted by Gasteiger charge is 2.18. The van der Waals surface area contributed by atoms with Crippen LogP contribution < -0.4 is 10.2 Å². The molecule has 0 saturated carbocycles. The summed E-state index contributed by atoms with van der Waals surface area (Å²) in [5.74, 6) is 2.33. The molecule has 0 radical (unpaired) electrons. The SMILES string of the molecule is CCC(CC)C(=O)Nc1ccc(N2CCC(C)CC2)nn1. The Morgan fingerprint density at radius 2 is 1.95 bits per heavy atom. The lowest BCUT2D eigenvalue weighted by atomic mass is 9.99. The quantitative estimate of drug-likeness (QED) is 0.905. The van der Waals surface area contributed by atoms with Crippen molar-refractivity contribution in [3.8, 4) is 0 Å². The molecule has 1 aliphatic rings. The zero-order chi connectivity index (χ0) is 15.2. The van der Waals surface area contributed by atoms with Gasteiger partial charge in [-0.05, 0) is 43.7 Å². The Morgan fingerprint density at radius 3 is 2.48 bits per heavy atom. The third-order valence-electron chi connectivity index (χ3n) is 4.37. The molecule has 116 valence electrons. The molecule has 0 bridgehead atoms. The van der Waals surface area contributed by atoms with Crippen LogP contribution in [0.25, 0.3) is 0 Å². The number of carbonyl (C=O) groups is 1. The smallest absolute Gasteiger partial charge is 0.228 e. The molecule has 2 heterocycles. The molecule has 21 heavy (non-hydrogen) atoms. The van der Waals surface area contributed by atoms with Crippen molar-refractivity contribution in [1.82, 2.24) is 10.2 Å². The van der Waals surface area contributed by atoms with Gasteiger partial charge in [-0.1, -0.05) is 20.8 Å². The third kappa shape index (κ3) is 4.16. The summed E-state index contributed by atoms with van der Waals surface area (Å²) >= 11 is 0. The first-order valence-electron chi connectivity index (χ1n) is 8.03. The van der Waals surface area contributed by atoms with E-state index in [-0.39, 0.29) is 11.8 Å². The Balaban J connectivity index is 1.94. The van der Waals surface area contributed by atoms with Crippen LogP contribution in [0.15, 0.2) is 12.1 Å². The van der Waals surface area contributed by atoms with Crippen molar-refractivity contribution in [3.05, 3.63) is 12.1 Å². The maximum absolute atomic E-state index is 12.0. The van der Waals surface area contributed by atoms with E-state index in [4.69, 9.17) is 0 Å². The standard InChI is InChI=1S/C16H26N4O/c1-4-13(5-2)16(21)17-14-6-7-15(19-18-14)20-10-8-12(3)9-11-20/h6-7,12-13H,4-5,8-11H2,1-3H3,(H,17,18,21). The number of hydrogen-bond donors (Lipinski definition) is 1. The van der Waals surface area contributed by atoms with E-state index in [1.807, 2.05) is 26.0 Å². The number of anilines is 2. The van der Waals surface area contributed by atoms with Crippen LogP contribution >= 0.6 is 0 Å². The first-order chi connectivity index (χ1) is 10.1. The second-order valence-corrected chi connectivity index (χ2v) is 5.95. The zero-order valence-corrected chi connectivity index (χ0v) is 13.3. The van der Waals surface area contributed by atoms with Crippen LogP contribution in [-0.2, 0) is 4.79 Å². The number of aromatic nitrogens is 2. The zero-order valence-electron chi connectivity index (χ0n) is 13.3. The molecule has 1 N–H and O–H groups in total. The minimum Gasteiger partial charge on any atom is -0.355 e. The van der Waals surface area contributed by atoms with Gasteiger partial charge in [-0.3, -0.25) is 4.79 Å². The Kier molecular flexibility index (Phi) is 5.53. The lowest BCUT2D eigenvalue weighted by molar-refractivity contribution is -0.120. The molecule has 1 amide bonds. The molecule has 5 heteroatoms. The summed E-state index contributed by atoms with van der Waals surface area (Å²) in [6, 6.07) is 3.80. The monoisotopic (exact) mass is 290 g/mol. The van der Waals surface area contributed by atoms with Crippen molar-refractivity contribution in [2.45, 2.75) is 46.5 Å². The van der Waals surface area contributed by atoms with E-state index in [2.05, 4.69) is 27.3 Å². The Hall–Kier alpha value is -1.65. The molecule has 0 aromatic carbocycles. The first-order valence-corrected chi connectivity index (χ1v) is 8.03. The molecule has 1 fully saturated rings. The lowest BCUT2D eigenvalue weighted by Gasteiger charge is -2.30. The third-order valence-corrected chi connectivity index (χ3v) is 4.37. The fourth-order valence-electron chi connectivity index (χ4n) is 2.69. The van der Waals surface area contributed by atoms with E-state index in [0.29, 0.717) is 5.82 Å². The van der Waals surface area contributed by atoms with Crippen molar-refractivity contribution in [1.29, 1.82) is 0 Å². The Morgan fingerprint density at radius 1 is 1.29 bits per heavy atom. The molecule has 1 saturated heterocycles. The van der Waals surface area contributed by atoms with Crippen molar-refractivity contribution in [3.63, 3.8) is 0 Å². The summed E-state index contributed by atoms with van der Waals surface area (Å²) in [5, 5.41) is 11.2. The average molecular weight is 290 g/mol. The van der Waals surface area contributed by atoms with Gasteiger partial charge in [0.15, 0.2) is 11.6 Å². The van der Waals surface area contributed by atoms with E-state index >= 15 is 0 Å². The highest BCUT2D eigenvalue weighted by atomic mass is 16.1. The summed E-state index contributed by atoms with van der Waals surface area (Å²) in [5.41, 5.74) is 0. The largest absolute Gasteiger partial charge is 0.355 e. The Labute approximate surface area is 127 Å². The molecule has 5 nitrogen and oxygen atoms in total. The lowest BCUT2D eigenvalue weighted by Crippen LogP contribution is -2.33. The van der Waals surface area contributed by atoms with E-state index in [9.17, 15) is 4.79 Å². The summed E-state index contributed by atoms with van der Waals surface area (Å²) in [6.45, 7) is 8.42. The number of nitrogens with zero attached hydrogens (tertiary/aromatic N) is 3. The predicted octanol–water partition coefficient (Wildman–Crippen LogP) is 3.09. The second-order valence-electron chi connectivity index (χ2n) is 5.95. The van der Waals surface area contributed by atoms with Gasteiger partial charge in [0.2, 0.25) is 5.91 Å². The second kappa shape index (κ2) is 7.38. The molecule has 0 atom stereocenters. The molecule has 1 aliphatic heterocycles. The van der Waals surface area contributed by atoms with E-state index in [0.717, 1.165) is 37.7 Å². The van der Waals surface area contributed by atoms with Crippen LogP contribution in [0.5, 0.6) is 0 Å². The number of hydrogen-bond acceptors (Lipinski definition) is 4. The van der Waals surface area contributed by atoms with Crippen molar-refractivity contribution in [2.24, 2.45) is 11.8 Å². The summed E-state index contributed by atoms with van der Waals surface area (Å²) in [6.07, 6.45) is 4.10. The molecule has 1 aromatic heterocycles. The van der Waals surface area contributed by atoms with Gasteiger partial charge in [0.05, 0.1) is 0 Å². The fourth-order valence-corrected chi connectivity index (χ4v) is 2.69. The van der Waals surface area contributed by atoms with Crippen molar-refractivity contribution in [2.75, 3.05) is 23.3 Å². The van der Waals surface area contributed by atoms with Gasteiger partial charge in [-0.15, -0.1) is 10.2 Å². The van der Waals surface area contributed by atoms with Gasteiger partial charge in [0.1, 0.15) is 0 Å². The van der Waals surface area contributed by atoms with E-state index in [1.54, 1.807) is 0 Å². The van der Waals surface area contributed by atoms with E-state index < -0.39 is 0 Å². The highest BCUT2D eigenvalue weighted by Crippen LogP contribution is 2.21. The van der Waals surface area contributed by atoms with Gasteiger partial charge < -0.3 is 10.2 Å². The van der Waals surface area contributed by atoms with Gasteiger partial charge in [-0.2, -0.15) is 0 Å². The molecule has 0 aliphatic carbocycles. The van der Waals surface area contributed by atoms with Gasteiger partial charge in [-0.25, -0.2) is 0 Å². The highest BCUT2D eigenvalue weighted by molar-refractivity contribution is 5.91. The van der Waals surface area contributed by atoms with Gasteiger partial charge in [0, 0.05) is 19.0 Å². The maximum atomic E-state index is 12.0. The van der Waals surface area contributed by atoms with E-state index in [1.165, 1.54) is 12.8 Å². The minimum atomic E-state index is 0.0360. The number of nitrogens with one attached hydrogen (secondary N) is 1. The molecular formula is C16H26N4O. The fraction of sp³-hybridized carbons (Fsp3) is 0.688. The van der Waals surface area contributed by atoms with Gasteiger partial charge in [0.25, 0.3) is 0 Å². The predicted molar refractivity (Wildman–Crippen MR) is 85.3 cm³/mol. The van der Waals surface area contributed by atoms with Crippen molar-refractivity contribution >= 4 is 17.5 Å². The summed E-state index contributed by atoms with van der Waals surface area (Å²) in [7, 11) is 0. The molecule has 1 aromatic rings. The molecule has 0 unspecified atom stereocenters. The topological polar surface area (TPSA) is 58.1 Å². The number of amides is 1. The molecule has 0 spiro atoms. The minimum absolute atomic E-state index is 0.0360. The normalized spacial score (nSPS) is 16.3.